The van der Waals surface area contributed by atoms with E-state index in [0.29, 0.717) is 0 Å². The first-order chi connectivity index (χ1) is 24.4. The fourth-order valence-electron chi connectivity index (χ4n) is 9.17. The third-order valence-electron chi connectivity index (χ3n) is 11.5. The van der Waals surface area contributed by atoms with Crippen LogP contribution in [0.3, 0.4) is 0 Å². The van der Waals surface area contributed by atoms with E-state index in [9.17, 15) is 0 Å². The average molecular weight is 660 g/mol. The van der Waals surface area contributed by atoms with Gasteiger partial charge in [0.15, 0.2) is 0 Å². The third kappa shape index (κ3) is 3.94. The molecule has 1 aromatic heterocycles. The molecule has 1 heterocycles. The molecule has 0 saturated heterocycles. The van der Waals surface area contributed by atoms with E-state index in [1.807, 2.05) is 11.3 Å². The summed E-state index contributed by atoms with van der Waals surface area (Å²) in [5, 5.41) is 2.64. The first kappa shape index (κ1) is 29.5. The topological polar surface area (TPSA) is 3.24 Å². The highest BCUT2D eigenvalue weighted by molar-refractivity contribution is 7.26. The Bertz CT molecular complexity index is 2670. The van der Waals surface area contributed by atoms with Gasteiger partial charge in [0.25, 0.3) is 0 Å². The zero-order valence-corrected chi connectivity index (χ0v) is 29.6. The predicted octanol–water partition coefficient (Wildman–Crippen LogP) is 13.8. The van der Waals surface area contributed by atoms with E-state index in [0.717, 1.165) is 0 Å². The minimum atomic E-state index is -0.184. The van der Waals surface area contributed by atoms with Crippen LogP contribution in [-0.4, -0.2) is 0 Å². The number of para-hydroxylation sites is 1. The maximum atomic E-state index is 2.60. The zero-order chi connectivity index (χ0) is 33.8. The Morgan fingerprint density at radius 1 is 0.400 bits per heavy atom. The summed E-state index contributed by atoms with van der Waals surface area (Å²) in [5.74, 6) is 0. The molecule has 0 bridgehead atoms. The molecule has 0 amide bonds. The van der Waals surface area contributed by atoms with Crippen LogP contribution in [0.5, 0.6) is 0 Å². The summed E-state index contributed by atoms with van der Waals surface area (Å²) in [5.41, 5.74) is 16.7. The molecule has 7 aromatic carbocycles. The highest BCUT2D eigenvalue weighted by atomic mass is 32.1. The van der Waals surface area contributed by atoms with Crippen molar-refractivity contribution in [3.05, 3.63) is 174 Å². The van der Waals surface area contributed by atoms with Crippen LogP contribution in [0.15, 0.2) is 152 Å². The molecule has 0 fully saturated rings. The van der Waals surface area contributed by atoms with Gasteiger partial charge in [0.2, 0.25) is 0 Å². The molecule has 8 aromatic rings. The largest absolute Gasteiger partial charge is 0.309 e. The van der Waals surface area contributed by atoms with Crippen molar-refractivity contribution < 1.29 is 0 Å². The molecule has 50 heavy (non-hydrogen) atoms. The van der Waals surface area contributed by atoms with Crippen LogP contribution >= 0.6 is 11.3 Å². The lowest BCUT2D eigenvalue weighted by Crippen LogP contribution is -2.21. The number of anilines is 3. The Kier molecular flexibility index (Phi) is 6.21. The van der Waals surface area contributed by atoms with Crippen molar-refractivity contribution in [1.29, 1.82) is 0 Å². The first-order valence-electron chi connectivity index (χ1n) is 17.6. The summed E-state index contributed by atoms with van der Waals surface area (Å²) >= 11 is 1.90. The predicted molar refractivity (Wildman–Crippen MR) is 215 cm³/mol. The number of benzene rings is 7. The second-order valence-electron chi connectivity index (χ2n) is 14.9. The minimum Gasteiger partial charge on any atom is -0.309 e. The molecular formula is C48H37NS. The summed E-state index contributed by atoms with van der Waals surface area (Å²) in [7, 11) is 0. The molecule has 0 N–H and O–H groups in total. The summed E-state index contributed by atoms with van der Waals surface area (Å²) in [6, 6.07) is 56.6. The molecule has 0 atom stereocenters. The molecule has 0 saturated carbocycles. The van der Waals surface area contributed by atoms with Gasteiger partial charge in [-0.15, -0.1) is 11.3 Å². The summed E-state index contributed by atoms with van der Waals surface area (Å²) in [6.07, 6.45) is 0. The molecule has 10 rings (SSSR count). The molecule has 2 aliphatic rings. The molecule has 2 heteroatoms. The average Bonchev–Trinajstić information content (AvgIpc) is 3.73. The summed E-state index contributed by atoms with van der Waals surface area (Å²) in [6.45, 7) is 9.55. The number of thiophene rings is 1. The lowest BCUT2D eigenvalue weighted by atomic mass is 9.81. The molecule has 0 aliphatic heterocycles. The molecule has 0 unspecified atom stereocenters. The van der Waals surface area contributed by atoms with Crippen LogP contribution in [0, 0.1) is 0 Å². The fourth-order valence-corrected chi connectivity index (χ4v) is 10.4. The first-order valence-corrected chi connectivity index (χ1v) is 18.4. The number of nitrogens with zero attached hydrogens (tertiary/aromatic N) is 1. The Morgan fingerprint density at radius 3 is 1.78 bits per heavy atom. The lowest BCUT2D eigenvalue weighted by molar-refractivity contribution is 0.659. The monoisotopic (exact) mass is 659 g/mol. The van der Waals surface area contributed by atoms with Gasteiger partial charge in [0, 0.05) is 47.7 Å². The minimum absolute atomic E-state index is 0.107. The highest BCUT2D eigenvalue weighted by Gasteiger charge is 2.41. The smallest absolute Gasteiger partial charge is 0.0543 e. The number of hydrogen-bond donors (Lipinski definition) is 0. The number of hydrogen-bond acceptors (Lipinski definition) is 2. The van der Waals surface area contributed by atoms with Crippen LogP contribution in [-0.2, 0) is 10.8 Å². The molecule has 0 radical (unpaired) electrons. The van der Waals surface area contributed by atoms with E-state index in [-0.39, 0.29) is 10.8 Å². The van der Waals surface area contributed by atoms with Gasteiger partial charge >= 0.3 is 0 Å². The second kappa shape index (κ2) is 10.5. The van der Waals surface area contributed by atoms with Gasteiger partial charge in [-0.05, 0) is 63.2 Å². The molecule has 0 spiro atoms. The van der Waals surface area contributed by atoms with E-state index in [1.54, 1.807) is 0 Å². The van der Waals surface area contributed by atoms with E-state index in [1.165, 1.54) is 92.9 Å². The standard InChI is InChI=1S/C48H37NS/c1-47(2)38-24-10-6-19-36(38)44-39(47)25-15-27-41(44)49(42-28-14-20-33-30-16-5-9-23-37(30)48(3,4)45(33)42)40-26-11-7-17-31(40)34-21-13-22-35-32-18-8-12-29-43(32)50-46(34)35/h5-29H,1-4H3. The SMILES string of the molecule is CC1(C)c2ccccc2-c2c(N(c3ccccc3-c3cccc4c3sc3ccccc34)c3cccc4c3C(C)(C)c3ccccc3-4)cccc21. The van der Waals surface area contributed by atoms with Gasteiger partial charge in [-0.1, -0.05) is 155 Å². The van der Waals surface area contributed by atoms with E-state index in [4.69, 9.17) is 0 Å². The number of fused-ring (bicyclic) bond motifs is 9. The van der Waals surface area contributed by atoms with Gasteiger partial charge in [-0.25, -0.2) is 0 Å². The Morgan fingerprint density at radius 2 is 0.940 bits per heavy atom. The van der Waals surface area contributed by atoms with Crippen LogP contribution < -0.4 is 4.90 Å². The van der Waals surface area contributed by atoms with Crippen molar-refractivity contribution in [3.63, 3.8) is 0 Å². The van der Waals surface area contributed by atoms with Crippen LogP contribution in [0.25, 0.3) is 53.6 Å². The van der Waals surface area contributed by atoms with Crippen molar-refractivity contribution in [2.24, 2.45) is 0 Å². The van der Waals surface area contributed by atoms with Gasteiger partial charge in [0.1, 0.15) is 0 Å². The van der Waals surface area contributed by atoms with Crippen molar-refractivity contribution in [3.8, 4) is 33.4 Å². The Labute approximate surface area is 298 Å². The third-order valence-corrected chi connectivity index (χ3v) is 12.7. The summed E-state index contributed by atoms with van der Waals surface area (Å²) in [4.78, 5) is 2.60. The van der Waals surface area contributed by atoms with Crippen molar-refractivity contribution >= 4 is 48.6 Å². The van der Waals surface area contributed by atoms with Gasteiger partial charge in [0.05, 0.1) is 17.1 Å². The van der Waals surface area contributed by atoms with E-state index in [2.05, 4.69) is 184 Å². The maximum Gasteiger partial charge on any atom is 0.0543 e. The Balaban J connectivity index is 1.31. The molecule has 2 aliphatic carbocycles. The zero-order valence-electron chi connectivity index (χ0n) is 28.8. The lowest BCUT2D eigenvalue weighted by Gasteiger charge is -2.34. The van der Waals surface area contributed by atoms with Gasteiger partial charge in [-0.3, -0.25) is 0 Å². The molecule has 240 valence electrons. The highest BCUT2D eigenvalue weighted by Crippen LogP contribution is 2.59. The number of rotatable bonds is 4. The van der Waals surface area contributed by atoms with Crippen molar-refractivity contribution in [2.75, 3.05) is 4.90 Å². The van der Waals surface area contributed by atoms with Gasteiger partial charge < -0.3 is 4.90 Å². The van der Waals surface area contributed by atoms with Crippen molar-refractivity contribution in [1.82, 2.24) is 0 Å². The van der Waals surface area contributed by atoms with E-state index < -0.39 is 0 Å². The Hall–Kier alpha value is -5.44. The van der Waals surface area contributed by atoms with E-state index >= 15 is 0 Å². The van der Waals surface area contributed by atoms with Gasteiger partial charge in [-0.2, -0.15) is 0 Å². The van der Waals surface area contributed by atoms with Crippen LogP contribution in [0.2, 0.25) is 0 Å². The molecular weight excluding hydrogens is 623 g/mol. The molecule has 1 nitrogen and oxygen atoms in total. The van der Waals surface area contributed by atoms with Crippen LogP contribution in [0.4, 0.5) is 17.1 Å². The van der Waals surface area contributed by atoms with Crippen LogP contribution in [0.1, 0.15) is 49.9 Å². The quantitative estimate of drug-likeness (QED) is 0.182. The van der Waals surface area contributed by atoms with Crippen molar-refractivity contribution in [2.45, 2.75) is 38.5 Å². The normalized spacial score (nSPS) is 14.7. The summed E-state index contributed by atoms with van der Waals surface area (Å²) < 4.78 is 2.65. The maximum absolute atomic E-state index is 2.60. The fraction of sp³-hybridized carbons (Fsp3) is 0.125. The second-order valence-corrected chi connectivity index (χ2v) is 15.9.